The Morgan fingerprint density at radius 2 is 0.859 bits per heavy atom. The number of rotatable bonds is 51. The highest BCUT2D eigenvalue weighted by atomic mass is 31.2. The van der Waals surface area contributed by atoms with Crippen molar-refractivity contribution in [1.82, 2.24) is 5.32 Å². The van der Waals surface area contributed by atoms with Gasteiger partial charge in [0, 0.05) is 6.42 Å². The van der Waals surface area contributed by atoms with Crippen LogP contribution in [-0.2, 0) is 18.4 Å². The van der Waals surface area contributed by atoms with Gasteiger partial charge in [0.1, 0.15) is 13.2 Å². The third kappa shape index (κ3) is 48.9. The molecule has 0 heterocycles. The van der Waals surface area contributed by atoms with Gasteiger partial charge in [0.25, 0.3) is 0 Å². The summed E-state index contributed by atoms with van der Waals surface area (Å²) in [7, 11) is 1.57. The first kappa shape index (κ1) is 63.0. The van der Waals surface area contributed by atoms with Crippen LogP contribution >= 0.6 is 7.82 Å². The number of phosphoric ester groups is 1. The molecule has 0 aromatic rings. The Kier molecular flexibility index (Phi) is 46.3. The number of carbonyl (C=O) groups is 1. The molecule has 64 heavy (non-hydrogen) atoms. The van der Waals surface area contributed by atoms with Crippen LogP contribution in [0, 0.1) is 0 Å². The molecule has 0 aromatic carbocycles. The number of aliphatic hydroxyl groups is 1. The van der Waals surface area contributed by atoms with Gasteiger partial charge >= 0.3 is 7.82 Å². The molecule has 0 spiro atoms. The predicted molar refractivity (Wildman–Crippen MR) is 277 cm³/mol. The maximum atomic E-state index is 13.0. The molecular weight excluding hydrogens is 816 g/mol. The second kappa shape index (κ2) is 47.1. The monoisotopic (exact) mass is 926 g/mol. The van der Waals surface area contributed by atoms with Crippen LogP contribution in [-0.4, -0.2) is 73.4 Å². The molecule has 0 aliphatic carbocycles. The molecule has 0 aromatic heterocycles. The molecule has 3 N–H and O–H groups in total. The minimum absolute atomic E-state index is 0.0587. The van der Waals surface area contributed by atoms with E-state index in [4.69, 9.17) is 9.05 Å². The quantitative estimate of drug-likeness (QED) is 0.0243. The second-order valence-electron chi connectivity index (χ2n) is 20.3. The number of allylic oxidation sites excluding steroid dienone is 3. The van der Waals surface area contributed by atoms with E-state index in [1.54, 1.807) is 6.08 Å². The highest BCUT2D eigenvalue weighted by Crippen LogP contribution is 2.43. The lowest BCUT2D eigenvalue weighted by molar-refractivity contribution is -0.870. The fourth-order valence-electron chi connectivity index (χ4n) is 8.30. The van der Waals surface area contributed by atoms with Crippen LogP contribution in [0.25, 0.3) is 0 Å². The minimum Gasteiger partial charge on any atom is -0.387 e. The number of nitrogens with zero attached hydrogens (tertiary/aromatic N) is 1. The van der Waals surface area contributed by atoms with Gasteiger partial charge in [-0.05, 0) is 32.1 Å². The largest absolute Gasteiger partial charge is 0.472 e. The van der Waals surface area contributed by atoms with Crippen molar-refractivity contribution in [3.05, 3.63) is 24.3 Å². The fraction of sp³-hybridized carbons (Fsp3) is 0.909. The normalized spacial score (nSPS) is 14.2. The summed E-state index contributed by atoms with van der Waals surface area (Å²) in [6, 6.07) is -0.859. The summed E-state index contributed by atoms with van der Waals surface area (Å²) in [4.78, 5) is 23.3. The zero-order valence-electron chi connectivity index (χ0n) is 43.3. The number of unbranched alkanes of at least 4 members (excludes halogenated alkanes) is 36. The van der Waals surface area contributed by atoms with E-state index in [2.05, 4.69) is 31.3 Å². The molecule has 0 saturated carbocycles. The van der Waals surface area contributed by atoms with Crippen LogP contribution in [0.15, 0.2) is 24.3 Å². The van der Waals surface area contributed by atoms with E-state index in [0.717, 1.165) is 38.5 Å². The van der Waals surface area contributed by atoms with Crippen molar-refractivity contribution < 1.29 is 32.9 Å². The van der Waals surface area contributed by atoms with E-state index in [1.807, 2.05) is 27.2 Å². The average Bonchev–Trinajstić information content (AvgIpc) is 3.25. The van der Waals surface area contributed by atoms with Crippen molar-refractivity contribution in [2.45, 2.75) is 283 Å². The zero-order valence-corrected chi connectivity index (χ0v) is 44.2. The molecule has 0 saturated heterocycles. The maximum absolute atomic E-state index is 13.0. The van der Waals surface area contributed by atoms with Gasteiger partial charge in [-0.15, -0.1) is 0 Å². The Morgan fingerprint density at radius 1 is 0.516 bits per heavy atom. The number of aliphatic hydroxyl groups excluding tert-OH is 1. The Morgan fingerprint density at radius 3 is 1.25 bits per heavy atom. The SMILES string of the molecule is CCCCCCCCCCCCCCCCC/C=C/CC/C=C/C(O)C(COP(=O)(O)OCC[N+](C)(C)C)NC(=O)CCCCCCCCCCCCCCCCCCCCCCC. The molecule has 8 nitrogen and oxygen atoms in total. The molecule has 1 amide bonds. The van der Waals surface area contributed by atoms with Crippen LogP contribution in [0.2, 0.25) is 0 Å². The van der Waals surface area contributed by atoms with Crippen LogP contribution in [0.5, 0.6) is 0 Å². The van der Waals surface area contributed by atoms with Crippen LogP contribution < -0.4 is 5.32 Å². The number of likely N-dealkylation sites (N-methyl/N-ethyl adjacent to an activating group) is 1. The molecule has 0 aliphatic heterocycles. The van der Waals surface area contributed by atoms with Crippen molar-refractivity contribution in [1.29, 1.82) is 0 Å². The first-order chi connectivity index (χ1) is 31.0. The van der Waals surface area contributed by atoms with Gasteiger partial charge in [-0.25, -0.2) is 4.57 Å². The average molecular weight is 926 g/mol. The van der Waals surface area contributed by atoms with E-state index in [1.165, 1.54) is 212 Å². The highest BCUT2D eigenvalue weighted by molar-refractivity contribution is 7.47. The van der Waals surface area contributed by atoms with E-state index in [-0.39, 0.29) is 19.1 Å². The Bertz CT molecular complexity index is 1090. The van der Waals surface area contributed by atoms with Crippen molar-refractivity contribution in [3.63, 3.8) is 0 Å². The fourth-order valence-corrected chi connectivity index (χ4v) is 9.03. The van der Waals surface area contributed by atoms with Crippen molar-refractivity contribution in [2.24, 2.45) is 0 Å². The van der Waals surface area contributed by atoms with E-state index in [9.17, 15) is 19.4 Å². The summed E-state index contributed by atoms with van der Waals surface area (Å²) in [6.45, 7) is 4.84. The van der Waals surface area contributed by atoms with E-state index < -0.39 is 20.0 Å². The molecule has 0 aliphatic rings. The maximum Gasteiger partial charge on any atom is 0.472 e. The lowest BCUT2D eigenvalue weighted by atomic mass is 10.0. The molecule has 0 fully saturated rings. The summed E-state index contributed by atoms with van der Waals surface area (Å²) in [6.07, 6.45) is 58.4. The molecule has 0 bridgehead atoms. The van der Waals surface area contributed by atoms with Crippen LogP contribution in [0.1, 0.15) is 271 Å². The predicted octanol–water partition coefficient (Wildman–Crippen LogP) is 16.4. The van der Waals surface area contributed by atoms with E-state index >= 15 is 0 Å². The molecule has 0 rings (SSSR count). The number of carbonyl (C=O) groups excluding carboxylic acids is 1. The Hall–Kier alpha value is -1.02. The summed E-state index contributed by atoms with van der Waals surface area (Å²) >= 11 is 0. The van der Waals surface area contributed by atoms with Gasteiger partial charge in [-0.2, -0.15) is 0 Å². The molecular formula is C55H110N2O6P+. The first-order valence-corrected chi connectivity index (χ1v) is 29.2. The number of hydrogen-bond donors (Lipinski definition) is 3. The summed E-state index contributed by atoms with van der Waals surface area (Å²) < 4.78 is 23.7. The third-order valence-electron chi connectivity index (χ3n) is 12.7. The molecule has 0 radical (unpaired) electrons. The van der Waals surface area contributed by atoms with Gasteiger partial charge in [0.2, 0.25) is 5.91 Å². The Labute approximate surface area is 398 Å². The molecule has 3 atom stereocenters. The number of hydrogen-bond acceptors (Lipinski definition) is 5. The lowest BCUT2D eigenvalue weighted by Crippen LogP contribution is -2.45. The third-order valence-corrected chi connectivity index (χ3v) is 13.7. The number of amides is 1. The van der Waals surface area contributed by atoms with Crippen LogP contribution in [0.4, 0.5) is 0 Å². The second-order valence-corrected chi connectivity index (χ2v) is 21.8. The Balaban J connectivity index is 4.27. The van der Waals surface area contributed by atoms with Crippen molar-refractivity contribution in [3.8, 4) is 0 Å². The van der Waals surface area contributed by atoms with E-state index in [0.29, 0.717) is 17.4 Å². The minimum atomic E-state index is -4.35. The summed E-state index contributed by atoms with van der Waals surface area (Å²) in [5.74, 6) is -0.181. The van der Waals surface area contributed by atoms with Gasteiger partial charge in [0.15, 0.2) is 0 Å². The van der Waals surface area contributed by atoms with Crippen molar-refractivity contribution in [2.75, 3.05) is 40.9 Å². The number of quaternary nitrogens is 1. The summed E-state index contributed by atoms with van der Waals surface area (Å²) in [5.41, 5.74) is 0. The standard InChI is InChI=1S/C55H109N2O6P/c1-6-8-10-12-14-16-18-20-22-24-26-28-30-32-34-36-38-40-42-44-46-48-54(58)53(52-63-64(60,61)62-51-50-57(3,4)5)56-55(59)49-47-45-43-41-39-37-35-33-31-29-27-25-23-21-19-17-15-13-11-9-7-2/h38,40,46,48,53-54,58H,6-37,39,41-45,47,49-52H2,1-5H3,(H-,56,59,60,61)/p+1/b40-38+,48-46+. The van der Waals surface area contributed by atoms with Gasteiger partial charge in [0.05, 0.1) is 39.9 Å². The smallest absolute Gasteiger partial charge is 0.387 e. The topological polar surface area (TPSA) is 105 Å². The molecule has 9 heteroatoms. The van der Waals surface area contributed by atoms with Gasteiger partial charge in [-0.3, -0.25) is 13.8 Å². The van der Waals surface area contributed by atoms with Gasteiger partial charge in [-0.1, -0.05) is 256 Å². The van der Waals surface area contributed by atoms with Crippen molar-refractivity contribution >= 4 is 13.7 Å². The number of phosphoric acid groups is 1. The number of nitrogens with one attached hydrogen (secondary N) is 1. The zero-order chi connectivity index (χ0) is 47.1. The molecule has 380 valence electrons. The summed E-state index contributed by atoms with van der Waals surface area (Å²) in [5, 5.41) is 13.9. The lowest BCUT2D eigenvalue weighted by Gasteiger charge is -2.25. The first-order valence-electron chi connectivity index (χ1n) is 27.7. The van der Waals surface area contributed by atoms with Gasteiger partial charge < -0.3 is 19.8 Å². The highest BCUT2D eigenvalue weighted by Gasteiger charge is 2.27. The molecule has 3 unspecified atom stereocenters. The van der Waals surface area contributed by atoms with Crippen LogP contribution in [0.3, 0.4) is 0 Å².